The number of hydrogen-bond acceptors (Lipinski definition) is 5. The molecule has 0 spiro atoms. The second-order valence-corrected chi connectivity index (χ2v) is 5.52. The Hall–Kier alpha value is -3.05. The predicted molar refractivity (Wildman–Crippen MR) is 81.0 cm³/mol. The Morgan fingerprint density at radius 2 is 1.85 bits per heavy atom. The molecule has 0 radical (unpaired) electrons. The van der Waals surface area contributed by atoms with Crippen molar-refractivity contribution in [1.29, 1.82) is 0 Å². The van der Waals surface area contributed by atoms with Gasteiger partial charge in [-0.2, -0.15) is 27.8 Å². The summed E-state index contributed by atoms with van der Waals surface area (Å²) in [6.07, 6.45) is -8.48. The Morgan fingerprint density at radius 3 is 2.52 bits per heavy atom. The molecule has 0 saturated carbocycles. The minimum absolute atomic E-state index is 0.00860. The molecular formula is C15H11F6N5O. The van der Waals surface area contributed by atoms with Crippen LogP contribution in [-0.2, 0) is 12.7 Å². The van der Waals surface area contributed by atoms with E-state index in [0.717, 1.165) is 29.0 Å². The molecule has 0 saturated heterocycles. The molecule has 0 aliphatic rings. The lowest BCUT2D eigenvalue weighted by Crippen LogP contribution is -2.22. The van der Waals surface area contributed by atoms with Gasteiger partial charge in [0.15, 0.2) is 5.69 Å². The maximum absolute atomic E-state index is 13.0. The number of anilines is 1. The third kappa shape index (κ3) is 4.38. The first-order chi connectivity index (χ1) is 12.5. The van der Waals surface area contributed by atoms with Crippen LogP contribution in [0.4, 0.5) is 32.2 Å². The number of fused-ring (bicyclic) bond motifs is 1. The summed E-state index contributed by atoms with van der Waals surface area (Å²) >= 11 is 0. The van der Waals surface area contributed by atoms with E-state index in [2.05, 4.69) is 19.8 Å². The lowest BCUT2D eigenvalue weighted by atomic mass is 10.2. The molecule has 12 heteroatoms. The first-order valence-electron chi connectivity index (χ1n) is 7.37. The van der Waals surface area contributed by atoms with Crippen LogP contribution < -0.4 is 9.64 Å². The van der Waals surface area contributed by atoms with Crippen molar-refractivity contribution < 1.29 is 31.1 Å². The molecule has 0 bridgehead atoms. The maximum Gasteiger partial charge on any atom is 0.573 e. The first-order valence-corrected chi connectivity index (χ1v) is 7.37. The Bertz CT molecular complexity index is 952. The quantitative estimate of drug-likeness (QED) is 0.636. The number of aromatic nitrogens is 4. The van der Waals surface area contributed by atoms with Gasteiger partial charge in [-0.25, -0.2) is 4.98 Å². The lowest BCUT2D eigenvalue weighted by molar-refractivity contribution is -0.274. The van der Waals surface area contributed by atoms with E-state index in [1.165, 1.54) is 24.1 Å². The van der Waals surface area contributed by atoms with E-state index < -0.39 is 24.0 Å². The van der Waals surface area contributed by atoms with E-state index >= 15 is 0 Å². The SMILES string of the molecule is CN(Cc1cccc(OC(F)(F)F)c1)c1cc(C(F)(F)F)nc2ncnn12. The van der Waals surface area contributed by atoms with Crippen molar-refractivity contribution in [2.45, 2.75) is 19.1 Å². The van der Waals surface area contributed by atoms with Gasteiger partial charge < -0.3 is 9.64 Å². The molecule has 6 nitrogen and oxygen atoms in total. The third-order valence-electron chi connectivity index (χ3n) is 3.47. The highest BCUT2D eigenvalue weighted by molar-refractivity contribution is 5.48. The molecule has 3 rings (SSSR count). The molecule has 0 fully saturated rings. The van der Waals surface area contributed by atoms with Crippen LogP contribution in [0.3, 0.4) is 0 Å². The monoisotopic (exact) mass is 391 g/mol. The van der Waals surface area contributed by atoms with Crippen molar-refractivity contribution in [1.82, 2.24) is 19.6 Å². The van der Waals surface area contributed by atoms with Gasteiger partial charge in [-0.3, -0.25) is 0 Å². The minimum Gasteiger partial charge on any atom is -0.406 e. The van der Waals surface area contributed by atoms with Crippen LogP contribution in [0.2, 0.25) is 0 Å². The molecule has 0 aliphatic carbocycles. The summed E-state index contributed by atoms with van der Waals surface area (Å²) in [6.45, 7) is -0.00860. The van der Waals surface area contributed by atoms with Crippen LogP contribution in [0.25, 0.3) is 5.78 Å². The number of hydrogen-bond donors (Lipinski definition) is 0. The van der Waals surface area contributed by atoms with Gasteiger partial charge in [-0.1, -0.05) is 12.1 Å². The zero-order valence-corrected chi connectivity index (χ0v) is 13.6. The van der Waals surface area contributed by atoms with Crippen molar-refractivity contribution in [3.8, 4) is 5.75 Å². The normalized spacial score (nSPS) is 12.4. The fourth-order valence-corrected chi connectivity index (χ4v) is 2.41. The van der Waals surface area contributed by atoms with Crippen molar-refractivity contribution in [2.24, 2.45) is 0 Å². The summed E-state index contributed by atoms with van der Waals surface area (Å²) in [5.74, 6) is -0.655. The summed E-state index contributed by atoms with van der Waals surface area (Å²) in [5, 5.41) is 3.83. The minimum atomic E-state index is -4.84. The second kappa shape index (κ2) is 6.59. The highest BCUT2D eigenvalue weighted by Gasteiger charge is 2.34. The first kappa shape index (κ1) is 18.7. The summed E-state index contributed by atoms with van der Waals surface area (Å²) < 4.78 is 81.1. The molecule has 0 N–H and O–H groups in total. The molecule has 0 unspecified atom stereocenters. The largest absolute Gasteiger partial charge is 0.573 e. The van der Waals surface area contributed by atoms with Crippen molar-refractivity contribution in [3.63, 3.8) is 0 Å². The second-order valence-electron chi connectivity index (χ2n) is 5.52. The summed E-state index contributed by atoms with van der Waals surface area (Å²) in [4.78, 5) is 8.45. The number of nitrogens with zero attached hydrogens (tertiary/aromatic N) is 5. The molecule has 0 aliphatic heterocycles. The molecule has 2 aromatic heterocycles. The van der Waals surface area contributed by atoms with Gasteiger partial charge in [0.2, 0.25) is 0 Å². The summed E-state index contributed by atoms with van der Waals surface area (Å²) in [5.41, 5.74) is -0.767. The van der Waals surface area contributed by atoms with E-state index in [1.54, 1.807) is 0 Å². The van der Waals surface area contributed by atoms with Crippen LogP contribution >= 0.6 is 0 Å². The number of alkyl halides is 6. The van der Waals surface area contributed by atoms with E-state index in [4.69, 9.17) is 0 Å². The molecular weight excluding hydrogens is 380 g/mol. The Labute approximate surface area is 148 Å². The fraction of sp³-hybridized carbons (Fsp3) is 0.267. The number of halogens is 6. The average molecular weight is 391 g/mol. The van der Waals surface area contributed by atoms with Gasteiger partial charge in [0.05, 0.1) is 0 Å². The van der Waals surface area contributed by atoms with Gasteiger partial charge in [0.1, 0.15) is 17.9 Å². The zero-order valence-electron chi connectivity index (χ0n) is 13.6. The van der Waals surface area contributed by atoms with Crippen molar-refractivity contribution in [3.05, 3.63) is 47.9 Å². The van der Waals surface area contributed by atoms with Crippen LogP contribution in [-0.4, -0.2) is 33.0 Å². The van der Waals surface area contributed by atoms with Gasteiger partial charge in [0, 0.05) is 19.7 Å². The van der Waals surface area contributed by atoms with Crippen molar-refractivity contribution >= 4 is 11.6 Å². The number of rotatable bonds is 4. The van der Waals surface area contributed by atoms with Gasteiger partial charge in [-0.05, 0) is 17.7 Å². The maximum atomic E-state index is 13.0. The zero-order chi connectivity index (χ0) is 19.8. The van der Waals surface area contributed by atoms with Gasteiger partial charge in [-0.15, -0.1) is 13.2 Å². The molecule has 144 valence electrons. The molecule has 0 atom stereocenters. The number of ether oxygens (including phenoxy) is 1. The molecule has 27 heavy (non-hydrogen) atoms. The highest BCUT2D eigenvalue weighted by atomic mass is 19.4. The van der Waals surface area contributed by atoms with Gasteiger partial charge >= 0.3 is 12.5 Å². The summed E-state index contributed by atoms with van der Waals surface area (Å²) in [6, 6.07) is 5.93. The topological polar surface area (TPSA) is 55.5 Å². The summed E-state index contributed by atoms with van der Waals surface area (Å²) in [7, 11) is 1.47. The van der Waals surface area contributed by atoms with E-state index in [0.29, 0.717) is 5.56 Å². The lowest BCUT2D eigenvalue weighted by Gasteiger charge is -2.21. The smallest absolute Gasteiger partial charge is 0.406 e. The van der Waals surface area contributed by atoms with Crippen LogP contribution in [0.15, 0.2) is 36.7 Å². The Balaban J connectivity index is 1.92. The Kier molecular flexibility index (Phi) is 4.57. The predicted octanol–water partition coefficient (Wildman–Crippen LogP) is 3.68. The van der Waals surface area contributed by atoms with E-state index in [9.17, 15) is 26.3 Å². The fourth-order valence-electron chi connectivity index (χ4n) is 2.41. The van der Waals surface area contributed by atoms with Crippen LogP contribution in [0.1, 0.15) is 11.3 Å². The Morgan fingerprint density at radius 1 is 1.11 bits per heavy atom. The highest BCUT2D eigenvalue weighted by Crippen LogP contribution is 2.31. The van der Waals surface area contributed by atoms with E-state index in [1.807, 2.05) is 0 Å². The number of benzene rings is 1. The molecule has 2 heterocycles. The average Bonchev–Trinajstić information content (AvgIpc) is 3.00. The molecule has 0 amide bonds. The van der Waals surface area contributed by atoms with Crippen LogP contribution in [0, 0.1) is 0 Å². The molecule has 1 aromatic carbocycles. The molecule has 3 aromatic rings. The third-order valence-corrected chi connectivity index (χ3v) is 3.47. The van der Waals surface area contributed by atoms with Gasteiger partial charge in [0.25, 0.3) is 5.78 Å². The van der Waals surface area contributed by atoms with Crippen LogP contribution in [0.5, 0.6) is 5.75 Å². The van der Waals surface area contributed by atoms with E-state index in [-0.39, 0.29) is 18.1 Å². The standard InChI is InChI=1S/C15H11F6N5O/c1-25(7-9-3-2-4-10(5-9)27-15(19,20)21)12-6-11(14(16,17)18)24-13-22-8-23-26(12)13/h2-6,8H,7H2,1H3. The van der Waals surface area contributed by atoms with Crippen molar-refractivity contribution in [2.75, 3.05) is 11.9 Å².